The van der Waals surface area contributed by atoms with E-state index >= 15 is 4.39 Å². The molecule has 1 saturated heterocycles. The molecule has 0 spiro atoms. The lowest BCUT2D eigenvalue weighted by Crippen LogP contribution is -2.45. The fourth-order valence-electron chi connectivity index (χ4n) is 4.12. The van der Waals surface area contributed by atoms with E-state index in [1.54, 1.807) is 17.0 Å². The van der Waals surface area contributed by atoms with Gasteiger partial charge in [0.05, 0.1) is 0 Å². The number of hydrogen-bond acceptors (Lipinski definition) is 7. The van der Waals surface area contributed by atoms with Crippen molar-refractivity contribution < 1.29 is 18.6 Å². The van der Waals surface area contributed by atoms with Crippen LogP contribution in [0.4, 0.5) is 10.2 Å². The molecule has 2 aromatic heterocycles. The van der Waals surface area contributed by atoms with Crippen molar-refractivity contribution in [2.45, 2.75) is 39.1 Å². The summed E-state index contributed by atoms with van der Waals surface area (Å²) in [5.41, 5.74) is 1.84. The average Bonchev–Trinajstić information content (AvgIpc) is 2.74. The van der Waals surface area contributed by atoms with E-state index in [9.17, 15) is 4.79 Å². The fourth-order valence-corrected chi connectivity index (χ4v) is 4.12. The summed E-state index contributed by atoms with van der Waals surface area (Å²) in [4.78, 5) is 17.8. The third-order valence-electron chi connectivity index (χ3n) is 5.61. The lowest BCUT2D eigenvalue weighted by atomic mass is 10.1. The molecule has 0 N–H and O–H groups in total. The van der Waals surface area contributed by atoms with Gasteiger partial charge < -0.3 is 19.1 Å². The predicted octanol–water partition coefficient (Wildman–Crippen LogP) is 2.82. The monoisotopic (exact) mass is 426 g/mol. The number of benzene rings is 1. The number of nitrogens with zero attached hydrogens (tertiary/aromatic N) is 4. The summed E-state index contributed by atoms with van der Waals surface area (Å²) in [6.45, 7) is 5.22. The second-order valence-electron chi connectivity index (χ2n) is 7.86. The minimum atomic E-state index is -1.28. The number of piperidine rings is 1. The minimum absolute atomic E-state index is 0.189. The van der Waals surface area contributed by atoms with Gasteiger partial charge in [-0.15, -0.1) is 5.10 Å². The molecule has 0 radical (unpaired) electrons. The smallest absolute Gasteiger partial charge is 0.274 e. The molecule has 2 atom stereocenters. The average molecular weight is 426 g/mol. The zero-order chi connectivity index (χ0) is 21.5. The van der Waals surface area contributed by atoms with Gasteiger partial charge in [0.15, 0.2) is 29.3 Å². The van der Waals surface area contributed by atoms with Crippen LogP contribution in [0.3, 0.4) is 0 Å². The fraction of sp³-hybridized carbons (Fsp3) is 0.409. The Bertz CT molecular complexity index is 1200. The van der Waals surface area contributed by atoms with E-state index in [0.717, 1.165) is 16.9 Å². The molecule has 4 heterocycles. The summed E-state index contributed by atoms with van der Waals surface area (Å²) < 4.78 is 33.8. The van der Waals surface area contributed by atoms with Gasteiger partial charge in [-0.3, -0.25) is 4.79 Å². The maximum Gasteiger partial charge on any atom is 0.274 e. The summed E-state index contributed by atoms with van der Waals surface area (Å²) in [5.74, 6) is 2.48. The molecule has 5 rings (SSSR count). The number of hydrogen-bond donors (Lipinski definition) is 0. The van der Waals surface area contributed by atoms with Crippen LogP contribution in [0, 0.1) is 13.8 Å². The Balaban J connectivity index is 1.34. The molecule has 1 fully saturated rings. The summed E-state index contributed by atoms with van der Waals surface area (Å²) in [7, 11) is 0. The molecule has 0 unspecified atom stereocenters. The molecule has 3 aromatic rings. The quantitative estimate of drug-likeness (QED) is 0.596. The van der Waals surface area contributed by atoms with Crippen molar-refractivity contribution in [3.05, 3.63) is 51.9 Å². The van der Waals surface area contributed by atoms with E-state index in [4.69, 9.17) is 14.2 Å². The van der Waals surface area contributed by atoms with Crippen molar-refractivity contribution in [2.24, 2.45) is 0 Å². The number of alkyl halides is 1. The van der Waals surface area contributed by atoms with E-state index in [0.29, 0.717) is 49.1 Å². The Morgan fingerprint density at radius 3 is 2.84 bits per heavy atom. The molecule has 31 heavy (non-hydrogen) atoms. The molecular formula is C22H23FN4O4. The lowest BCUT2D eigenvalue weighted by molar-refractivity contribution is 0.111. The third-order valence-corrected chi connectivity index (χ3v) is 5.61. The van der Waals surface area contributed by atoms with Crippen LogP contribution in [0.5, 0.6) is 17.2 Å². The molecule has 0 aliphatic carbocycles. The standard InChI is InChI=1S/C22H23FN4O4/c1-13-9-16(11-17-21(13)30-8-7-29-17)31-15-4-6-26(18(23)12-15)22-14(2)10-19-24-5-3-20(28)27(19)25-22/h3,5,9-11,15,18H,4,6-8,12H2,1-2H3/t15-,18-/m0/s1. The first kappa shape index (κ1) is 19.6. The van der Waals surface area contributed by atoms with Crippen LogP contribution in [0.1, 0.15) is 24.0 Å². The van der Waals surface area contributed by atoms with Crippen molar-refractivity contribution >= 4 is 11.5 Å². The van der Waals surface area contributed by atoms with Crippen LogP contribution >= 0.6 is 0 Å². The molecule has 9 heteroatoms. The summed E-state index contributed by atoms with van der Waals surface area (Å²) in [6.07, 6.45) is 0.689. The first-order valence-electron chi connectivity index (χ1n) is 10.3. The van der Waals surface area contributed by atoms with Crippen LogP contribution in [0.15, 0.2) is 35.3 Å². The molecule has 1 aromatic carbocycles. The van der Waals surface area contributed by atoms with Crippen molar-refractivity contribution in [2.75, 3.05) is 24.7 Å². The van der Waals surface area contributed by atoms with E-state index in [2.05, 4.69) is 10.1 Å². The van der Waals surface area contributed by atoms with Crippen molar-refractivity contribution in [1.29, 1.82) is 0 Å². The van der Waals surface area contributed by atoms with Gasteiger partial charge in [0, 0.05) is 37.7 Å². The van der Waals surface area contributed by atoms with Crippen LogP contribution in [0.2, 0.25) is 0 Å². The van der Waals surface area contributed by atoms with Gasteiger partial charge in [0.25, 0.3) is 5.56 Å². The number of aromatic nitrogens is 3. The van der Waals surface area contributed by atoms with E-state index in [-0.39, 0.29) is 18.1 Å². The molecule has 162 valence electrons. The zero-order valence-electron chi connectivity index (χ0n) is 17.4. The van der Waals surface area contributed by atoms with Gasteiger partial charge in [0.2, 0.25) is 0 Å². The normalized spacial score (nSPS) is 20.7. The molecule has 2 aliphatic heterocycles. The van der Waals surface area contributed by atoms with Crippen molar-refractivity contribution in [3.63, 3.8) is 0 Å². The first-order chi connectivity index (χ1) is 15.0. The van der Waals surface area contributed by atoms with Crippen LogP contribution in [-0.2, 0) is 0 Å². The maximum absolute atomic E-state index is 15.2. The Kier molecular flexibility index (Phi) is 4.88. The van der Waals surface area contributed by atoms with Gasteiger partial charge in [0.1, 0.15) is 25.1 Å². The SMILES string of the molecule is Cc1cc2nccc(=O)n2nc1N1CC[C@H](Oc2cc(C)c3c(c2)OCCO3)C[C@H]1F. The van der Waals surface area contributed by atoms with E-state index < -0.39 is 6.30 Å². The topological polar surface area (TPSA) is 78.2 Å². The highest BCUT2D eigenvalue weighted by molar-refractivity contribution is 5.53. The van der Waals surface area contributed by atoms with Gasteiger partial charge in [-0.2, -0.15) is 4.52 Å². The largest absolute Gasteiger partial charge is 0.490 e. The Hall–Kier alpha value is -3.36. The van der Waals surface area contributed by atoms with Crippen molar-refractivity contribution in [1.82, 2.24) is 14.6 Å². The summed E-state index contributed by atoms with van der Waals surface area (Å²) >= 11 is 0. The first-order valence-corrected chi connectivity index (χ1v) is 10.3. The Morgan fingerprint density at radius 1 is 1.16 bits per heavy atom. The highest BCUT2D eigenvalue weighted by atomic mass is 19.1. The van der Waals surface area contributed by atoms with E-state index in [1.807, 2.05) is 19.9 Å². The maximum atomic E-state index is 15.2. The molecule has 0 bridgehead atoms. The summed E-state index contributed by atoms with van der Waals surface area (Å²) in [5, 5.41) is 4.37. The number of rotatable bonds is 3. The number of fused-ring (bicyclic) bond motifs is 2. The highest BCUT2D eigenvalue weighted by Crippen LogP contribution is 2.38. The second-order valence-corrected chi connectivity index (χ2v) is 7.86. The van der Waals surface area contributed by atoms with Crippen LogP contribution in [0.25, 0.3) is 5.65 Å². The Morgan fingerprint density at radius 2 is 2.00 bits per heavy atom. The zero-order valence-corrected chi connectivity index (χ0v) is 17.4. The molecule has 8 nitrogen and oxygen atoms in total. The Labute approximate surface area is 178 Å². The van der Waals surface area contributed by atoms with Gasteiger partial charge in [-0.1, -0.05) is 0 Å². The van der Waals surface area contributed by atoms with Gasteiger partial charge in [-0.05, 0) is 37.1 Å². The van der Waals surface area contributed by atoms with Crippen LogP contribution < -0.4 is 24.7 Å². The lowest BCUT2D eigenvalue weighted by Gasteiger charge is -2.36. The predicted molar refractivity (Wildman–Crippen MR) is 112 cm³/mol. The van der Waals surface area contributed by atoms with Gasteiger partial charge >= 0.3 is 0 Å². The minimum Gasteiger partial charge on any atom is -0.490 e. The van der Waals surface area contributed by atoms with E-state index in [1.165, 1.54) is 16.8 Å². The number of anilines is 1. The number of halogens is 1. The van der Waals surface area contributed by atoms with Gasteiger partial charge in [-0.25, -0.2) is 9.37 Å². The highest BCUT2D eigenvalue weighted by Gasteiger charge is 2.32. The van der Waals surface area contributed by atoms with Crippen molar-refractivity contribution in [3.8, 4) is 17.2 Å². The molecule has 0 amide bonds. The molecule has 2 aliphatic rings. The van der Waals surface area contributed by atoms with Crippen LogP contribution in [-0.4, -0.2) is 46.8 Å². The molecular weight excluding hydrogens is 403 g/mol. The number of aryl methyl sites for hydroxylation is 2. The number of ether oxygens (including phenoxy) is 3. The molecule has 0 saturated carbocycles. The summed E-state index contributed by atoms with van der Waals surface area (Å²) in [6, 6.07) is 6.77. The third kappa shape index (κ3) is 3.64. The second kappa shape index (κ2) is 7.72.